The smallest absolute Gasteiger partial charge is 0.363 e. The van der Waals surface area contributed by atoms with E-state index in [1.807, 2.05) is 23.6 Å². The SMILES string of the molecule is CCCNC(=S)N(Cc1ccccc1C(F)(F)F)C[C@H](C)NC(=O)Cc1cncn1Cc1ccc(C#N)cc1. The molecule has 0 radical (unpaired) electrons. The van der Waals surface area contributed by atoms with Crippen molar-refractivity contribution in [1.29, 1.82) is 5.26 Å². The summed E-state index contributed by atoms with van der Waals surface area (Å²) in [7, 11) is 0. The highest BCUT2D eigenvalue weighted by Crippen LogP contribution is 2.32. The molecule has 0 bridgehead atoms. The quantitative estimate of drug-likeness (QED) is 0.335. The number of benzene rings is 2. The van der Waals surface area contributed by atoms with Crippen LogP contribution in [-0.4, -0.2) is 44.6 Å². The van der Waals surface area contributed by atoms with E-state index in [-0.39, 0.29) is 31.0 Å². The minimum atomic E-state index is -4.48. The molecule has 2 N–H and O–H groups in total. The number of hydrogen-bond donors (Lipinski definition) is 2. The summed E-state index contributed by atoms with van der Waals surface area (Å²) >= 11 is 5.49. The van der Waals surface area contributed by atoms with Crippen LogP contribution in [0, 0.1) is 11.3 Å². The molecule has 0 saturated carbocycles. The van der Waals surface area contributed by atoms with E-state index in [9.17, 15) is 18.0 Å². The third kappa shape index (κ3) is 8.82. The van der Waals surface area contributed by atoms with Crippen molar-refractivity contribution in [2.75, 3.05) is 13.1 Å². The molecule has 2 aromatic carbocycles. The number of nitriles is 1. The number of hydrogen-bond acceptors (Lipinski definition) is 4. The lowest BCUT2D eigenvalue weighted by Gasteiger charge is -2.30. The Kier molecular flexibility index (Phi) is 10.5. The lowest BCUT2D eigenvalue weighted by molar-refractivity contribution is -0.138. The number of alkyl halides is 3. The summed E-state index contributed by atoms with van der Waals surface area (Å²) in [4.78, 5) is 18.7. The Labute approximate surface area is 231 Å². The largest absolute Gasteiger partial charge is 0.416 e. The Bertz CT molecular complexity index is 1300. The second kappa shape index (κ2) is 13.8. The number of nitrogens with zero attached hydrogens (tertiary/aromatic N) is 4. The molecular formula is C28H31F3N6OS. The highest BCUT2D eigenvalue weighted by molar-refractivity contribution is 7.80. The van der Waals surface area contributed by atoms with Gasteiger partial charge in [0.1, 0.15) is 0 Å². The number of nitrogens with one attached hydrogen (secondary N) is 2. The summed E-state index contributed by atoms with van der Waals surface area (Å²) < 4.78 is 42.6. The first-order valence-electron chi connectivity index (χ1n) is 12.6. The molecule has 0 fully saturated rings. The van der Waals surface area contributed by atoms with E-state index < -0.39 is 17.8 Å². The van der Waals surface area contributed by atoms with Crippen LogP contribution in [0.1, 0.15) is 48.2 Å². The van der Waals surface area contributed by atoms with Crippen molar-refractivity contribution in [2.24, 2.45) is 0 Å². The van der Waals surface area contributed by atoms with Gasteiger partial charge in [0.15, 0.2) is 5.11 Å². The number of aromatic nitrogens is 2. The van der Waals surface area contributed by atoms with E-state index >= 15 is 0 Å². The molecule has 0 spiro atoms. The first-order chi connectivity index (χ1) is 18.6. The van der Waals surface area contributed by atoms with Gasteiger partial charge >= 0.3 is 6.18 Å². The van der Waals surface area contributed by atoms with Crippen molar-refractivity contribution in [3.63, 3.8) is 0 Å². The van der Waals surface area contributed by atoms with Gasteiger partial charge in [0.2, 0.25) is 5.91 Å². The second-order valence-electron chi connectivity index (χ2n) is 9.23. The fraction of sp³-hybridized carbons (Fsp3) is 0.357. The van der Waals surface area contributed by atoms with Crippen molar-refractivity contribution in [3.8, 4) is 6.07 Å². The molecular weight excluding hydrogens is 525 g/mol. The first-order valence-corrected chi connectivity index (χ1v) is 13.0. The number of rotatable bonds is 11. The van der Waals surface area contributed by atoms with Crippen LogP contribution in [0.25, 0.3) is 0 Å². The van der Waals surface area contributed by atoms with Crippen LogP contribution in [0.2, 0.25) is 0 Å². The maximum atomic E-state index is 13.6. The van der Waals surface area contributed by atoms with Crippen LogP contribution in [-0.2, 0) is 30.5 Å². The Morgan fingerprint density at radius 1 is 1.21 bits per heavy atom. The minimum Gasteiger partial charge on any atom is -0.363 e. The minimum absolute atomic E-state index is 0.0528. The maximum absolute atomic E-state index is 13.6. The molecule has 11 heteroatoms. The monoisotopic (exact) mass is 556 g/mol. The van der Waals surface area contributed by atoms with Crippen molar-refractivity contribution in [2.45, 2.75) is 52.0 Å². The Morgan fingerprint density at radius 3 is 2.59 bits per heavy atom. The van der Waals surface area contributed by atoms with Crippen LogP contribution in [0.3, 0.4) is 0 Å². The molecule has 1 atom stereocenters. The van der Waals surface area contributed by atoms with E-state index in [4.69, 9.17) is 17.5 Å². The Hall–Kier alpha value is -3.91. The first kappa shape index (κ1) is 29.6. The fourth-order valence-electron chi connectivity index (χ4n) is 4.09. The number of carbonyl (C=O) groups is 1. The zero-order chi connectivity index (χ0) is 28.4. The van der Waals surface area contributed by atoms with Gasteiger partial charge in [-0.05, 0) is 54.9 Å². The van der Waals surface area contributed by atoms with Gasteiger partial charge in [-0.15, -0.1) is 0 Å². The lowest BCUT2D eigenvalue weighted by atomic mass is 10.1. The molecule has 0 saturated heterocycles. The Morgan fingerprint density at radius 2 is 1.92 bits per heavy atom. The van der Waals surface area contributed by atoms with Crippen molar-refractivity contribution in [3.05, 3.63) is 89.0 Å². The van der Waals surface area contributed by atoms with Crippen LogP contribution in [0.5, 0.6) is 0 Å². The number of thiocarbonyl (C=S) groups is 1. The van der Waals surface area contributed by atoms with Gasteiger partial charge < -0.3 is 20.1 Å². The molecule has 1 aromatic heterocycles. The van der Waals surface area contributed by atoms with Gasteiger partial charge in [0.05, 0.1) is 29.9 Å². The van der Waals surface area contributed by atoms with Crippen LogP contribution >= 0.6 is 12.2 Å². The average molecular weight is 557 g/mol. The molecule has 3 aromatic rings. The summed E-state index contributed by atoms with van der Waals surface area (Å²) in [5.41, 5.74) is 1.64. The van der Waals surface area contributed by atoms with E-state index in [0.29, 0.717) is 29.5 Å². The average Bonchev–Trinajstić information content (AvgIpc) is 3.32. The van der Waals surface area contributed by atoms with Crippen molar-refractivity contribution >= 4 is 23.2 Å². The zero-order valence-electron chi connectivity index (χ0n) is 21.8. The molecule has 1 amide bonds. The lowest BCUT2D eigenvalue weighted by Crippen LogP contribution is -2.48. The van der Waals surface area contributed by atoms with Gasteiger partial charge in [-0.25, -0.2) is 4.98 Å². The molecule has 1 heterocycles. The van der Waals surface area contributed by atoms with E-state index in [2.05, 4.69) is 21.7 Å². The number of imidazole rings is 1. The van der Waals surface area contributed by atoms with Crippen molar-refractivity contribution < 1.29 is 18.0 Å². The zero-order valence-corrected chi connectivity index (χ0v) is 22.6. The fourth-order valence-corrected chi connectivity index (χ4v) is 4.33. The van der Waals surface area contributed by atoms with Crippen molar-refractivity contribution in [1.82, 2.24) is 25.1 Å². The molecule has 0 unspecified atom stereocenters. The van der Waals surface area contributed by atoms with E-state index in [1.165, 1.54) is 12.1 Å². The highest BCUT2D eigenvalue weighted by atomic mass is 32.1. The molecule has 7 nitrogen and oxygen atoms in total. The van der Waals surface area contributed by atoms with Crippen LogP contribution in [0.15, 0.2) is 61.1 Å². The number of carbonyl (C=O) groups excluding carboxylic acids is 1. The third-order valence-corrected chi connectivity index (χ3v) is 6.38. The third-order valence-electron chi connectivity index (χ3n) is 5.98. The molecule has 0 aliphatic rings. The standard InChI is InChI=1S/C28H31F3N6OS/c1-3-12-34-27(39)36(18-23-6-4-5-7-25(23)28(29,30)31)16-20(2)35-26(38)13-24-15-33-19-37(24)17-22-10-8-21(14-32)9-11-22/h4-11,15,19-20H,3,12-13,16-18H2,1-2H3,(H,34,39)(H,35,38)/t20-/m0/s1. The molecule has 0 aliphatic carbocycles. The summed E-state index contributed by atoms with van der Waals surface area (Å²) in [6.07, 6.45) is -0.340. The number of halogens is 3. The van der Waals surface area contributed by atoms with E-state index in [1.54, 1.807) is 42.5 Å². The summed E-state index contributed by atoms with van der Waals surface area (Å²) in [6, 6.07) is 14.3. The predicted molar refractivity (Wildman–Crippen MR) is 147 cm³/mol. The summed E-state index contributed by atoms with van der Waals surface area (Å²) in [6.45, 7) is 5.00. The normalized spacial score (nSPS) is 11.9. The second-order valence-corrected chi connectivity index (χ2v) is 9.62. The van der Waals surface area contributed by atoms with Gasteiger partial charge in [-0.3, -0.25) is 4.79 Å². The highest BCUT2D eigenvalue weighted by Gasteiger charge is 2.33. The van der Waals surface area contributed by atoms with Gasteiger partial charge in [0.25, 0.3) is 0 Å². The topological polar surface area (TPSA) is 86.0 Å². The molecule has 0 aliphatic heterocycles. The van der Waals surface area contributed by atoms with Gasteiger partial charge in [0, 0.05) is 44.1 Å². The Balaban J connectivity index is 1.65. The predicted octanol–water partition coefficient (Wildman–Crippen LogP) is 4.66. The van der Waals surface area contributed by atoms with Gasteiger partial charge in [-0.1, -0.05) is 37.3 Å². The van der Waals surface area contributed by atoms with E-state index in [0.717, 1.165) is 18.1 Å². The maximum Gasteiger partial charge on any atom is 0.416 e. The van der Waals surface area contributed by atoms with Gasteiger partial charge in [-0.2, -0.15) is 18.4 Å². The molecule has 3 rings (SSSR count). The van der Waals surface area contributed by atoms with Crippen LogP contribution in [0.4, 0.5) is 13.2 Å². The number of amides is 1. The van der Waals surface area contributed by atoms with Crippen LogP contribution < -0.4 is 10.6 Å². The molecule has 206 valence electrons. The molecule has 39 heavy (non-hydrogen) atoms. The summed E-state index contributed by atoms with van der Waals surface area (Å²) in [5.74, 6) is -0.243. The summed E-state index contributed by atoms with van der Waals surface area (Å²) in [5, 5.41) is 15.3.